The normalized spacial score (nSPS) is 18.1. The Morgan fingerprint density at radius 3 is 2.38 bits per heavy atom. The van der Waals surface area contributed by atoms with Crippen molar-refractivity contribution in [3.63, 3.8) is 0 Å². The molecule has 29 heavy (non-hydrogen) atoms. The summed E-state index contributed by atoms with van der Waals surface area (Å²) in [6.07, 6.45) is 2.56. The summed E-state index contributed by atoms with van der Waals surface area (Å²) < 4.78 is 17.5. The molecule has 1 amide bonds. The molecule has 2 aromatic carbocycles. The van der Waals surface area contributed by atoms with E-state index in [2.05, 4.69) is 19.2 Å². The van der Waals surface area contributed by atoms with Crippen molar-refractivity contribution in [2.24, 2.45) is 0 Å². The molecule has 0 bridgehead atoms. The van der Waals surface area contributed by atoms with Crippen LogP contribution >= 0.6 is 0 Å². The maximum atomic E-state index is 13.1. The molecular formula is C24H31NO4. The van der Waals surface area contributed by atoms with Crippen molar-refractivity contribution in [2.75, 3.05) is 7.11 Å². The summed E-state index contributed by atoms with van der Waals surface area (Å²) in [6, 6.07) is 15.2. The molecule has 156 valence electrons. The lowest BCUT2D eigenvalue weighted by Crippen LogP contribution is -2.47. The smallest absolute Gasteiger partial charge is 0.261 e. The van der Waals surface area contributed by atoms with Crippen LogP contribution in [0.4, 0.5) is 0 Å². The molecule has 1 N–H and O–H groups in total. The lowest BCUT2D eigenvalue weighted by molar-refractivity contribution is -0.129. The molecule has 5 nitrogen and oxygen atoms in total. The molecule has 3 rings (SSSR count). The van der Waals surface area contributed by atoms with Gasteiger partial charge in [-0.05, 0) is 49.6 Å². The molecule has 1 heterocycles. The van der Waals surface area contributed by atoms with Crippen LogP contribution in [0.25, 0.3) is 0 Å². The Morgan fingerprint density at radius 2 is 1.76 bits per heavy atom. The first-order valence-corrected chi connectivity index (χ1v) is 10.4. The van der Waals surface area contributed by atoms with E-state index in [0.29, 0.717) is 12.2 Å². The molecular weight excluding hydrogens is 366 g/mol. The van der Waals surface area contributed by atoms with Gasteiger partial charge in [0, 0.05) is 12.0 Å². The molecule has 1 aliphatic heterocycles. The van der Waals surface area contributed by atoms with Gasteiger partial charge >= 0.3 is 0 Å². The van der Waals surface area contributed by atoms with Crippen LogP contribution in [0.2, 0.25) is 0 Å². The number of amides is 1. The number of para-hydroxylation sites is 1. The van der Waals surface area contributed by atoms with Crippen LogP contribution in [-0.2, 0) is 4.79 Å². The number of rotatable bonds is 8. The van der Waals surface area contributed by atoms with Crippen LogP contribution in [0.5, 0.6) is 17.2 Å². The second-order valence-electron chi connectivity index (χ2n) is 7.49. The Balaban J connectivity index is 1.76. The average Bonchev–Trinajstić information content (AvgIpc) is 2.77. The number of carbonyl (C=O) groups excluding carboxylic acids is 1. The number of hydrogen-bond donors (Lipinski definition) is 1. The number of carbonyl (C=O) groups is 1. The summed E-state index contributed by atoms with van der Waals surface area (Å²) in [5.74, 6) is 2.16. The van der Waals surface area contributed by atoms with Crippen molar-refractivity contribution in [2.45, 2.75) is 64.2 Å². The Bertz CT molecular complexity index is 814. The molecule has 0 radical (unpaired) electrons. The van der Waals surface area contributed by atoms with Gasteiger partial charge in [-0.25, -0.2) is 0 Å². The first-order chi connectivity index (χ1) is 14.0. The molecule has 0 aromatic heterocycles. The maximum absolute atomic E-state index is 13.1. The molecule has 0 fully saturated rings. The summed E-state index contributed by atoms with van der Waals surface area (Å²) in [7, 11) is 1.62. The molecule has 0 saturated carbocycles. The van der Waals surface area contributed by atoms with Gasteiger partial charge in [-0.15, -0.1) is 0 Å². The topological polar surface area (TPSA) is 56.8 Å². The van der Waals surface area contributed by atoms with Gasteiger partial charge in [-0.3, -0.25) is 4.79 Å². The third-order valence-electron chi connectivity index (χ3n) is 5.80. The highest BCUT2D eigenvalue weighted by Crippen LogP contribution is 2.42. The fraction of sp³-hybridized carbons (Fsp3) is 0.458. The van der Waals surface area contributed by atoms with E-state index in [4.69, 9.17) is 14.2 Å². The Labute approximate surface area is 173 Å². The van der Waals surface area contributed by atoms with Crippen molar-refractivity contribution in [3.05, 3.63) is 54.1 Å². The zero-order valence-corrected chi connectivity index (χ0v) is 17.7. The van der Waals surface area contributed by atoms with Crippen molar-refractivity contribution >= 4 is 5.91 Å². The van der Waals surface area contributed by atoms with E-state index in [-0.39, 0.29) is 17.6 Å². The highest BCUT2D eigenvalue weighted by molar-refractivity contribution is 5.81. The van der Waals surface area contributed by atoms with Gasteiger partial charge in [0.1, 0.15) is 22.8 Å². The molecule has 0 aliphatic carbocycles. The standard InChI is InChI=1S/C24H31NO4/c1-5-21(28-18-14-12-17(27-4)13-15-18)23(26)25-20-16-24(6-2,7-3)29-22-11-9-8-10-19(20)22/h8-15,20-21H,5-7,16H2,1-4H3,(H,25,26)/t20-,21-/m1/s1. The summed E-state index contributed by atoms with van der Waals surface area (Å²) in [5, 5.41) is 3.22. The third kappa shape index (κ3) is 4.66. The van der Waals surface area contributed by atoms with Gasteiger partial charge < -0.3 is 19.5 Å². The summed E-state index contributed by atoms with van der Waals surface area (Å²) >= 11 is 0. The summed E-state index contributed by atoms with van der Waals surface area (Å²) in [6.45, 7) is 6.23. The molecule has 5 heteroatoms. The zero-order valence-electron chi connectivity index (χ0n) is 17.7. The quantitative estimate of drug-likeness (QED) is 0.677. The van der Waals surface area contributed by atoms with Crippen molar-refractivity contribution in [3.8, 4) is 17.2 Å². The van der Waals surface area contributed by atoms with E-state index < -0.39 is 6.10 Å². The van der Waals surface area contributed by atoms with E-state index in [1.807, 2.05) is 55.5 Å². The van der Waals surface area contributed by atoms with Gasteiger partial charge in [0.25, 0.3) is 5.91 Å². The average molecular weight is 398 g/mol. The number of methoxy groups -OCH3 is 1. The van der Waals surface area contributed by atoms with Crippen LogP contribution in [0.3, 0.4) is 0 Å². The van der Waals surface area contributed by atoms with Gasteiger partial charge in [-0.2, -0.15) is 0 Å². The van der Waals surface area contributed by atoms with E-state index in [0.717, 1.165) is 36.3 Å². The zero-order chi connectivity index (χ0) is 20.9. The van der Waals surface area contributed by atoms with Gasteiger partial charge in [0.2, 0.25) is 0 Å². The van der Waals surface area contributed by atoms with Crippen LogP contribution in [0.1, 0.15) is 58.1 Å². The molecule has 2 aromatic rings. The highest BCUT2D eigenvalue weighted by atomic mass is 16.5. The highest BCUT2D eigenvalue weighted by Gasteiger charge is 2.39. The number of hydrogen-bond acceptors (Lipinski definition) is 4. The van der Waals surface area contributed by atoms with Crippen molar-refractivity contribution in [1.82, 2.24) is 5.32 Å². The van der Waals surface area contributed by atoms with Gasteiger partial charge in [0.15, 0.2) is 6.10 Å². The minimum Gasteiger partial charge on any atom is -0.497 e. The van der Waals surface area contributed by atoms with E-state index in [1.54, 1.807) is 7.11 Å². The van der Waals surface area contributed by atoms with E-state index in [1.165, 1.54) is 0 Å². The van der Waals surface area contributed by atoms with Crippen molar-refractivity contribution < 1.29 is 19.0 Å². The number of nitrogens with one attached hydrogen (secondary N) is 1. The Hall–Kier alpha value is -2.69. The van der Waals surface area contributed by atoms with Crippen LogP contribution in [-0.4, -0.2) is 24.7 Å². The second-order valence-corrected chi connectivity index (χ2v) is 7.49. The first-order valence-electron chi connectivity index (χ1n) is 10.4. The van der Waals surface area contributed by atoms with E-state index >= 15 is 0 Å². The molecule has 1 aliphatic rings. The number of fused-ring (bicyclic) bond motifs is 1. The Morgan fingerprint density at radius 1 is 1.10 bits per heavy atom. The monoisotopic (exact) mass is 397 g/mol. The predicted molar refractivity (Wildman–Crippen MR) is 114 cm³/mol. The maximum Gasteiger partial charge on any atom is 0.261 e. The third-order valence-corrected chi connectivity index (χ3v) is 5.80. The second kappa shape index (κ2) is 9.21. The number of benzene rings is 2. The first kappa shape index (κ1) is 21.0. The van der Waals surface area contributed by atoms with Gasteiger partial charge in [0.05, 0.1) is 13.2 Å². The molecule has 0 unspecified atom stereocenters. The molecule has 0 spiro atoms. The molecule has 0 saturated heterocycles. The lowest BCUT2D eigenvalue weighted by atomic mass is 9.83. The fourth-order valence-electron chi connectivity index (χ4n) is 3.84. The van der Waals surface area contributed by atoms with E-state index in [9.17, 15) is 4.79 Å². The largest absolute Gasteiger partial charge is 0.497 e. The SMILES string of the molecule is CC[C@@H](Oc1ccc(OC)cc1)C(=O)N[C@@H]1CC(CC)(CC)Oc2ccccc21. The van der Waals surface area contributed by atoms with Crippen LogP contribution in [0, 0.1) is 0 Å². The minimum atomic E-state index is -0.559. The summed E-state index contributed by atoms with van der Waals surface area (Å²) in [4.78, 5) is 13.1. The van der Waals surface area contributed by atoms with Gasteiger partial charge in [-0.1, -0.05) is 39.0 Å². The van der Waals surface area contributed by atoms with Crippen LogP contribution in [0.15, 0.2) is 48.5 Å². The molecule has 2 atom stereocenters. The fourth-order valence-corrected chi connectivity index (χ4v) is 3.84. The lowest BCUT2D eigenvalue weighted by Gasteiger charge is -2.42. The number of ether oxygens (including phenoxy) is 3. The predicted octanol–water partition coefficient (Wildman–Crippen LogP) is 5.05. The van der Waals surface area contributed by atoms with Crippen LogP contribution < -0.4 is 19.5 Å². The van der Waals surface area contributed by atoms with Crippen molar-refractivity contribution in [1.29, 1.82) is 0 Å². The summed E-state index contributed by atoms with van der Waals surface area (Å²) in [5.41, 5.74) is 0.767. The minimum absolute atomic E-state index is 0.0964. The Kier molecular flexibility index (Phi) is 6.68.